The summed E-state index contributed by atoms with van der Waals surface area (Å²) in [6, 6.07) is 3.24. The fourth-order valence-corrected chi connectivity index (χ4v) is 2.13. The van der Waals surface area contributed by atoms with E-state index in [0.717, 1.165) is 0 Å². The minimum atomic E-state index is -1.04. The number of aromatic nitrogens is 4. The number of tetrazole rings is 1. The molecule has 0 radical (unpaired) electrons. The number of halogens is 2. The van der Waals surface area contributed by atoms with E-state index in [1.54, 1.807) is 0 Å². The third-order valence-corrected chi connectivity index (χ3v) is 3.28. The number of hydrogen-bond donors (Lipinski definition) is 1. The molecular formula is C10H8FIN4O2. The Morgan fingerprint density at radius 2 is 2.28 bits per heavy atom. The van der Waals surface area contributed by atoms with E-state index < -0.39 is 12.0 Å². The van der Waals surface area contributed by atoms with Crippen LogP contribution in [0.2, 0.25) is 0 Å². The van der Waals surface area contributed by atoms with Gasteiger partial charge in [-0.2, -0.15) is 0 Å². The van der Waals surface area contributed by atoms with E-state index in [1.807, 2.05) is 22.6 Å². The molecule has 0 fully saturated rings. The normalized spacial score (nSPS) is 12.4. The van der Waals surface area contributed by atoms with Gasteiger partial charge >= 0.3 is 5.97 Å². The van der Waals surface area contributed by atoms with E-state index >= 15 is 0 Å². The van der Waals surface area contributed by atoms with Gasteiger partial charge in [-0.15, -0.1) is 5.10 Å². The van der Waals surface area contributed by atoms with E-state index in [9.17, 15) is 9.18 Å². The van der Waals surface area contributed by atoms with Crippen LogP contribution in [0.15, 0.2) is 18.2 Å². The molecule has 0 aliphatic heterocycles. The highest BCUT2D eigenvalue weighted by atomic mass is 127. The van der Waals surface area contributed by atoms with Gasteiger partial charge in [0.15, 0.2) is 11.9 Å². The zero-order valence-corrected chi connectivity index (χ0v) is 11.4. The van der Waals surface area contributed by atoms with Crippen LogP contribution in [0.25, 0.3) is 11.4 Å². The summed E-state index contributed by atoms with van der Waals surface area (Å²) in [6.45, 7) is 1.47. The highest BCUT2D eigenvalue weighted by Gasteiger charge is 2.21. The van der Waals surface area contributed by atoms with E-state index in [0.29, 0.717) is 15.0 Å². The van der Waals surface area contributed by atoms with Crippen LogP contribution in [0.5, 0.6) is 0 Å². The maximum atomic E-state index is 13.0. The summed E-state index contributed by atoms with van der Waals surface area (Å²) in [6.07, 6.45) is 0. The van der Waals surface area contributed by atoms with Gasteiger partial charge in [0.25, 0.3) is 0 Å². The lowest BCUT2D eigenvalue weighted by Crippen LogP contribution is -2.18. The summed E-state index contributed by atoms with van der Waals surface area (Å²) >= 11 is 1.95. The lowest BCUT2D eigenvalue weighted by molar-refractivity contribution is -0.140. The SMILES string of the molecule is CC(C(=O)O)n1nnnc1-c1ccc(F)cc1I. The van der Waals surface area contributed by atoms with Gasteiger partial charge in [0.05, 0.1) is 0 Å². The van der Waals surface area contributed by atoms with Crippen LogP contribution in [-0.4, -0.2) is 31.3 Å². The van der Waals surface area contributed by atoms with E-state index in [4.69, 9.17) is 5.11 Å². The molecule has 1 heterocycles. The van der Waals surface area contributed by atoms with Crippen LogP contribution >= 0.6 is 22.6 Å². The number of aliphatic carboxylic acids is 1. The average Bonchev–Trinajstić information content (AvgIpc) is 2.76. The molecule has 1 aromatic heterocycles. The molecule has 6 nitrogen and oxygen atoms in total. The number of carbonyl (C=O) groups is 1. The van der Waals surface area contributed by atoms with Gasteiger partial charge in [-0.3, -0.25) is 0 Å². The minimum Gasteiger partial charge on any atom is -0.480 e. The number of nitrogens with zero attached hydrogens (tertiary/aromatic N) is 4. The fourth-order valence-electron chi connectivity index (χ4n) is 1.41. The molecule has 0 saturated heterocycles. The van der Waals surface area contributed by atoms with Crippen molar-refractivity contribution in [2.75, 3.05) is 0 Å². The molecular weight excluding hydrogens is 354 g/mol. The molecule has 1 atom stereocenters. The maximum absolute atomic E-state index is 13.0. The van der Waals surface area contributed by atoms with Crippen molar-refractivity contribution in [2.24, 2.45) is 0 Å². The predicted molar refractivity (Wildman–Crippen MR) is 68.3 cm³/mol. The molecule has 0 saturated carbocycles. The lowest BCUT2D eigenvalue weighted by Gasteiger charge is -2.09. The van der Waals surface area contributed by atoms with Gasteiger partial charge in [-0.25, -0.2) is 13.9 Å². The summed E-state index contributed by atoms with van der Waals surface area (Å²) in [4.78, 5) is 10.9. The number of rotatable bonds is 3. The van der Waals surface area contributed by atoms with Crippen molar-refractivity contribution in [3.8, 4) is 11.4 Å². The molecule has 0 aliphatic rings. The molecule has 2 aromatic rings. The van der Waals surface area contributed by atoms with Crippen LogP contribution in [0.4, 0.5) is 4.39 Å². The first-order valence-corrected chi connectivity index (χ1v) is 6.04. The van der Waals surface area contributed by atoms with Crippen molar-refractivity contribution in [2.45, 2.75) is 13.0 Å². The van der Waals surface area contributed by atoms with E-state index in [2.05, 4.69) is 15.5 Å². The predicted octanol–water partition coefficient (Wildman–Crippen LogP) is 1.73. The van der Waals surface area contributed by atoms with Gasteiger partial charge in [-0.1, -0.05) is 0 Å². The molecule has 1 unspecified atom stereocenters. The summed E-state index contributed by atoms with van der Waals surface area (Å²) in [5.41, 5.74) is 0.593. The van der Waals surface area contributed by atoms with Crippen LogP contribution < -0.4 is 0 Å². The number of benzene rings is 1. The van der Waals surface area contributed by atoms with Crippen molar-refractivity contribution in [3.05, 3.63) is 27.6 Å². The Hall–Kier alpha value is -1.58. The van der Waals surface area contributed by atoms with Gasteiger partial charge in [0.1, 0.15) is 5.82 Å². The summed E-state index contributed by atoms with van der Waals surface area (Å²) in [7, 11) is 0. The molecule has 94 valence electrons. The summed E-state index contributed by atoms with van der Waals surface area (Å²) < 4.78 is 14.8. The first-order valence-electron chi connectivity index (χ1n) is 4.97. The second kappa shape index (κ2) is 4.96. The lowest BCUT2D eigenvalue weighted by atomic mass is 10.2. The molecule has 0 aliphatic carbocycles. The second-order valence-electron chi connectivity index (χ2n) is 3.59. The van der Waals surface area contributed by atoms with Crippen molar-refractivity contribution >= 4 is 28.6 Å². The molecule has 0 spiro atoms. The molecule has 2 rings (SSSR count). The van der Waals surface area contributed by atoms with Gasteiger partial charge in [0.2, 0.25) is 0 Å². The highest BCUT2D eigenvalue weighted by Crippen LogP contribution is 2.25. The molecule has 0 bridgehead atoms. The van der Waals surface area contributed by atoms with Crippen LogP contribution in [0.3, 0.4) is 0 Å². The van der Waals surface area contributed by atoms with Crippen LogP contribution in [-0.2, 0) is 4.79 Å². The van der Waals surface area contributed by atoms with Crippen molar-refractivity contribution in [3.63, 3.8) is 0 Å². The molecule has 1 N–H and O–H groups in total. The number of hydrogen-bond acceptors (Lipinski definition) is 4. The smallest absolute Gasteiger partial charge is 0.328 e. The third kappa shape index (κ3) is 2.33. The Bertz CT molecular complexity index is 601. The monoisotopic (exact) mass is 362 g/mol. The van der Waals surface area contributed by atoms with Gasteiger partial charge < -0.3 is 5.11 Å². The Labute approximate surface area is 115 Å². The van der Waals surface area contributed by atoms with Crippen molar-refractivity contribution in [1.29, 1.82) is 0 Å². The Morgan fingerprint density at radius 1 is 1.56 bits per heavy atom. The summed E-state index contributed by atoms with van der Waals surface area (Å²) in [5, 5.41) is 19.9. The maximum Gasteiger partial charge on any atom is 0.328 e. The molecule has 18 heavy (non-hydrogen) atoms. The third-order valence-electron chi connectivity index (χ3n) is 2.39. The summed E-state index contributed by atoms with van der Waals surface area (Å²) in [5.74, 6) is -1.11. The molecule has 0 amide bonds. The molecule has 1 aromatic carbocycles. The molecule has 8 heteroatoms. The first-order chi connectivity index (χ1) is 8.50. The topological polar surface area (TPSA) is 80.9 Å². The Kier molecular flexibility index (Phi) is 3.55. The van der Waals surface area contributed by atoms with E-state index in [1.165, 1.54) is 29.8 Å². The largest absolute Gasteiger partial charge is 0.480 e. The zero-order chi connectivity index (χ0) is 13.3. The van der Waals surface area contributed by atoms with Crippen LogP contribution in [0.1, 0.15) is 13.0 Å². The standard InChI is InChI=1S/C10H8FIN4O2/c1-5(10(17)18)16-9(13-14-15-16)7-3-2-6(11)4-8(7)12/h2-5H,1H3,(H,17,18). The number of carboxylic acids is 1. The van der Waals surface area contributed by atoms with Crippen LogP contribution in [0, 0.1) is 9.39 Å². The zero-order valence-electron chi connectivity index (χ0n) is 9.21. The Balaban J connectivity index is 2.52. The second-order valence-corrected chi connectivity index (χ2v) is 4.75. The number of carboxylic acid groups (broad SMARTS) is 1. The fraction of sp³-hybridized carbons (Fsp3) is 0.200. The van der Waals surface area contributed by atoms with Crippen molar-refractivity contribution < 1.29 is 14.3 Å². The van der Waals surface area contributed by atoms with E-state index in [-0.39, 0.29) is 5.82 Å². The minimum absolute atomic E-state index is 0.300. The first kappa shape index (κ1) is 12.9. The van der Waals surface area contributed by atoms with Gasteiger partial charge in [-0.05, 0) is 58.1 Å². The quantitative estimate of drug-likeness (QED) is 0.842. The highest BCUT2D eigenvalue weighted by molar-refractivity contribution is 14.1. The Morgan fingerprint density at radius 3 is 2.89 bits per heavy atom. The average molecular weight is 362 g/mol. The van der Waals surface area contributed by atoms with Gasteiger partial charge in [0, 0.05) is 9.13 Å². The van der Waals surface area contributed by atoms with Crippen molar-refractivity contribution in [1.82, 2.24) is 20.2 Å².